The Morgan fingerprint density at radius 2 is 2.15 bits per heavy atom. The van der Waals surface area contributed by atoms with E-state index in [4.69, 9.17) is 0 Å². The van der Waals surface area contributed by atoms with E-state index in [-0.39, 0.29) is 5.56 Å². The highest BCUT2D eigenvalue weighted by molar-refractivity contribution is 7.11. The third-order valence-electron chi connectivity index (χ3n) is 3.11. The molecule has 0 fully saturated rings. The van der Waals surface area contributed by atoms with Gasteiger partial charge < -0.3 is 10.3 Å². The maximum atomic E-state index is 12.0. The lowest BCUT2D eigenvalue weighted by molar-refractivity contribution is 0.695. The van der Waals surface area contributed by atoms with Crippen molar-refractivity contribution in [1.29, 1.82) is 0 Å². The van der Waals surface area contributed by atoms with Crippen molar-refractivity contribution < 1.29 is 0 Å². The second-order valence-corrected chi connectivity index (χ2v) is 5.98. The minimum absolute atomic E-state index is 0.0308. The average molecular weight is 285 g/mol. The molecule has 2 aromatic heterocycles. The number of rotatable bonds is 4. The van der Waals surface area contributed by atoms with Crippen LogP contribution in [-0.2, 0) is 13.1 Å². The third kappa shape index (κ3) is 2.79. The molecule has 0 aliphatic heterocycles. The van der Waals surface area contributed by atoms with Crippen molar-refractivity contribution >= 4 is 22.2 Å². The number of fused-ring (bicyclic) bond motifs is 1. The summed E-state index contributed by atoms with van der Waals surface area (Å²) in [5.41, 5.74) is 1.60. The number of para-hydroxylation sites is 1. The zero-order valence-corrected chi connectivity index (χ0v) is 12.0. The Bertz CT molecular complexity index is 791. The summed E-state index contributed by atoms with van der Waals surface area (Å²) in [4.78, 5) is 20.3. The maximum Gasteiger partial charge on any atom is 0.252 e. The number of thiazole rings is 1. The first kappa shape index (κ1) is 13.0. The summed E-state index contributed by atoms with van der Waals surface area (Å²) < 4.78 is 0. The molecule has 2 N–H and O–H groups in total. The van der Waals surface area contributed by atoms with Crippen LogP contribution >= 0.6 is 11.3 Å². The van der Waals surface area contributed by atoms with E-state index in [0.29, 0.717) is 6.54 Å². The smallest absolute Gasteiger partial charge is 0.252 e. The Labute approximate surface area is 120 Å². The molecule has 0 atom stereocenters. The van der Waals surface area contributed by atoms with Crippen molar-refractivity contribution in [3.63, 3.8) is 0 Å². The van der Waals surface area contributed by atoms with E-state index in [2.05, 4.69) is 15.3 Å². The van der Waals surface area contributed by atoms with E-state index >= 15 is 0 Å². The van der Waals surface area contributed by atoms with Crippen molar-refractivity contribution in [3.8, 4) is 0 Å². The van der Waals surface area contributed by atoms with Gasteiger partial charge in [0, 0.05) is 35.2 Å². The van der Waals surface area contributed by atoms with Gasteiger partial charge in [-0.3, -0.25) is 4.79 Å². The number of pyridine rings is 1. The first-order valence-corrected chi connectivity index (χ1v) is 7.27. The van der Waals surface area contributed by atoms with Gasteiger partial charge in [-0.2, -0.15) is 0 Å². The summed E-state index contributed by atoms with van der Waals surface area (Å²) in [5, 5.41) is 5.40. The topological polar surface area (TPSA) is 57.8 Å². The maximum absolute atomic E-state index is 12.0. The van der Waals surface area contributed by atoms with Crippen molar-refractivity contribution in [2.45, 2.75) is 20.0 Å². The van der Waals surface area contributed by atoms with Gasteiger partial charge in [0.05, 0.1) is 5.01 Å². The van der Waals surface area contributed by atoms with Gasteiger partial charge in [0.2, 0.25) is 0 Å². The molecule has 102 valence electrons. The highest BCUT2D eigenvalue weighted by Gasteiger charge is 2.03. The van der Waals surface area contributed by atoms with Crippen LogP contribution in [0.5, 0.6) is 0 Å². The molecule has 0 bridgehead atoms. The molecule has 0 aliphatic carbocycles. The van der Waals surface area contributed by atoms with Crippen LogP contribution < -0.4 is 10.9 Å². The molecule has 20 heavy (non-hydrogen) atoms. The number of nitrogens with one attached hydrogen (secondary N) is 2. The van der Waals surface area contributed by atoms with Gasteiger partial charge >= 0.3 is 0 Å². The van der Waals surface area contributed by atoms with E-state index < -0.39 is 0 Å². The lowest BCUT2D eigenvalue weighted by Crippen LogP contribution is -2.20. The molecule has 5 heteroatoms. The normalized spacial score (nSPS) is 11.1. The van der Waals surface area contributed by atoms with Crippen LogP contribution in [0.3, 0.4) is 0 Å². The molecular weight excluding hydrogens is 270 g/mol. The molecule has 3 aromatic rings. The van der Waals surface area contributed by atoms with Crippen LogP contribution in [0.25, 0.3) is 10.9 Å². The molecule has 0 aliphatic rings. The quantitative estimate of drug-likeness (QED) is 0.774. The number of hydrogen-bond acceptors (Lipinski definition) is 4. The Morgan fingerprint density at radius 3 is 2.95 bits per heavy atom. The molecule has 4 nitrogen and oxygen atoms in total. The van der Waals surface area contributed by atoms with Gasteiger partial charge in [-0.1, -0.05) is 18.2 Å². The second kappa shape index (κ2) is 5.56. The molecule has 0 spiro atoms. The predicted molar refractivity (Wildman–Crippen MR) is 82.0 cm³/mol. The number of aromatic nitrogens is 2. The van der Waals surface area contributed by atoms with Gasteiger partial charge in [0.15, 0.2) is 0 Å². The minimum atomic E-state index is -0.0308. The average Bonchev–Trinajstić information content (AvgIpc) is 2.85. The molecular formula is C15H15N3OS. The summed E-state index contributed by atoms with van der Waals surface area (Å²) in [5.74, 6) is 0. The molecule has 0 amide bonds. The van der Waals surface area contributed by atoms with E-state index in [1.165, 1.54) is 4.88 Å². The number of H-pyrrole nitrogens is 1. The molecule has 3 rings (SSSR count). The number of aryl methyl sites for hydroxylation is 1. The highest BCUT2D eigenvalue weighted by Crippen LogP contribution is 2.12. The zero-order valence-electron chi connectivity index (χ0n) is 11.1. The van der Waals surface area contributed by atoms with Crippen LogP contribution in [0.1, 0.15) is 15.4 Å². The van der Waals surface area contributed by atoms with E-state index in [1.807, 2.05) is 43.5 Å². The summed E-state index contributed by atoms with van der Waals surface area (Å²) in [6.07, 6.45) is 1.87. The zero-order chi connectivity index (χ0) is 13.9. The van der Waals surface area contributed by atoms with Crippen LogP contribution in [-0.4, -0.2) is 9.97 Å². The van der Waals surface area contributed by atoms with Crippen LogP contribution in [0.4, 0.5) is 0 Å². The van der Waals surface area contributed by atoms with Crippen molar-refractivity contribution in [1.82, 2.24) is 15.3 Å². The molecule has 0 unspecified atom stereocenters. The molecule has 0 saturated heterocycles. The molecule has 1 aromatic carbocycles. The predicted octanol–water partition coefficient (Wildman–Crippen LogP) is 2.58. The summed E-state index contributed by atoms with van der Waals surface area (Å²) in [6.45, 7) is 3.27. The van der Waals surface area contributed by atoms with Crippen LogP contribution in [0.15, 0.2) is 41.3 Å². The highest BCUT2D eigenvalue weighted by atomic mass is 32.1. The van der Waals surface area contributed by atoms with Crippen molar-refractivity contribution in [2.24, 2.45) is 0 Å². The Morgan fingerprint density at radius 1 is 1.30 bits per heavy atom. The minimum Gasteiger partial charge on any atom is -0.322 e. The van der Waals surface area contributed by atoms with E-state index in [1.54, 1.807) is 11.3 Å². The fourth-order valence-corrected chi connectivity index (χ4v) is 2.90. The summed E-state index contributed by atoms with van der Waals surface area (Å²) in [6, 6.07) is 9.74. The standard InChI is InChI=1S/C15H15N3OS/c1-10-17-9-13(20-10)8-16-7-12-6-11-4-2-3-5-14(11)18-15(12)19/h2-6,9,16H,7-8H2,1H3,(H,18,19). The Balaban J connectivity index is 1.74. The molecule has 2 heterocycles. The van der Waals surface area contributed by atoms with Crippen LogP contribution in [0.2, 0.25) is 0 Å². The molecule has 0 radical (unpaired) electrons. The van der Waals surface area contributed by atoms with E-state index in [9.17, 15) is 4.79 Å². The van der Waals surface area contributed by atoms with Crippen LogP contribution in [0, 0.1) is 6.92 Å². The monoisotopic (exact) mass is 285 g/mol. The van der Waals surface area contributed by atoms with Gasteiger partial charge in [-0.15, -0.1) is 11.3 Å². The molecule has 0 saturated carbocycles. The lowest BCUT2D eigenvalue weighted by Gasteiger charge is -2.04. The van der Waals surface area contributed by atoms with Crippen molar-refractivity contribution in [3.05, 3.63) is 62.3 Å². The fourth-order valence-electron chi connectivity index (χ4n) is 2.13. The third-order valence-corrected chi connectivity index (χ3v) is 4.03. The van der Waals surface area contributed by atoms with Gasteiger partial charge in [0.25, 0.3) is 5.56 Å². The number of nitrogens with zero attached hydrogens (tertiary/aromatic N) is 1. The second-order valence-electron chi connectivity index (χ2n) is 4.66. The first-order chi connectivity index (χ1) is 9.72. The lowest BCUT2D eigenvalue weighted by atomic mass is 10.1. The Hall–Kier alpha value is -1.98. The first-order valence-electron chi connectivity index (χ1n) is 6.45. The fraction of sp³-hybridized carbons (Fsp3) is 0.200. The van der Waals surface area contributed by atoms with Gasteiger partial charge in [-0.25, -0.2) is 4.98 Å². The largest absolute Gasteiger partial charge is 0.322 e. The Kier molecular flexibility index (Phi) is 3.62. The number of hydrogen-bond donors (Lipinski definition) is 2. The summed E-state index contributed by atoms with van der Waals surface area (Å²) in [7, 11) is 0. The SMILES string of the molecule is Cc1ncc(CNCc2cc3ccccc3[nH]c2=O)s1. The summed E-state index contributed by atoms with van der Waals surface area (Å²) >= 11 is 1.67. The van der Waals surface area contributed by atoms with Gasteiger partial charge in [0.1, 0.15) is 0 Å². The van der Waals surface area contributed by atoms with E-state index in [0.717, 1.165) is 28.0 Å². The number of aromatic amines is 1. The van der Waals surface area contributed by atoms with Crippen molar-refractivity contribution in [2.75, 3.05) is 0 Å². The van der Waals surface area contributed by atoms with Gasteiger partial charge in [-0.05, 0) is 24.4 Å². The number of benzene rings is 1.